The monoisotopic (exact) mass is 106 g/mol. The van der Waals surface area contributed by atoms with E-state index in [1.165, 1.54) is 7.11 Å². The predicted octanol–water partition coefficient (Wildman–Crippen LogP) is -1.80. The van der Waals surface area contributed by atoms with Crippen LogP contribution in [0.3, 0.4) is 0 Å². The molecule has 0 rings (SSSR count). The molecule has 5 N–H and O–H groups in total. The van der Waals surface area contributed by atoms with Gasteiger partial charge in [0.25, 0.3) is 0 Å². The van der Waals surface area contributed by atoms with E-state index in [0.29, 0.717) is 0 Å². The Morgan fingerprint density at radius 2 is 2.14 bits per heavy atom. The summed E-state index contributed by atoms with van der Waals surface area (Å²) >= 11 is 0. The van der Waals surface area contributed by atoms with Gasteiger partial charge in [-0.2, -0.15) is 0 Å². The molecule has 0 bridgehead atoms. The van der Waals surface area contributed by atoms with Gasteiger partial charge >= 0.3 is 0 Å². The van der Waals surface area contributed by atoms with E-state index >= 15 is 0 Å². The van der Waals surface area contributed by atoms with E-state index in [2.05, 4.69) is 4.74 Å². The number of ether oxygens (including phenoxy) is 1. The van der Waals surface area contributed by atoms with Crippen LogP contribution in [-0.2, 0) is 4.74 Å². The van der Waals surface area contributed by atoms with Crippen LogP contribution in [0.5, 0.6) is 0 Å². The van der Waals surface area contributed by atoms with Gasteiger partial charge in [-0.3, -0.25) is 11.5 Å². The Morgan fingerprint density at radius 1 is 1.71 bits per heavy atom. The molecule has 0 atom stereocenters. The largest absolute Gasteiger partial charge is 0.379 e. The molecule has 0 aliphatic rings. The van der Waals surface area contributed by atoms with E-state index in [-0.39, 0.29) is 6.61 Å². The van der Waals surface area contributed by atoms with Crippen LogP contribution in [0.1, 0.15) is 0 Å². The normalized spacial score (nSPS) is 12.0. The second-order valence-electron chi connectivity index (χ2n) is 1.42. The lowest BCUT2D eigenvalue weighted by Gasteiger charge is -2.13. The molecule has 4 heteroatoms. The average molecular weight is 106 g/mol. The number of hydrogen-bond donors (Lipinski definition) is 3. The standard InChI is InChI=1S/C3H10N2O2/c1-7-2-3(4,5)6/h6H,2,4-5H2,1H3. The fourth-order valence-electron chi connectivity index (χ4n) is 0.231. The van der Waals surface area contributed by atoms with E-state index in [1.54, 1.807) is 0 Å². The maximum absolute atomic E-state index is 8.45. The maximum Gasteiger partial charge on any atom is 0.191 e. The molecule has 0 unspecified atom stereocenters. The first kappa shape index (κ1) is 6.84. The third-order valence-corrected chi connectivity index (χ3v) is 0.376. The van der Waals surface area contributed by atoms with E-state index in [0.717, 1.165) is 0 Å². The molecular weight excluding hydrogens is 96.0 g/mol. The molecule has 0 aliphatic carbocycles. The SMILES string of the molecule is COCC(N)(N)O. The zero-order chi connectivity index (χ0) is 5.91. The van der Waals surface area contributed by atoms with Crippen molar-refractivity contribution in [2.24, 2.45) is 11.5 Å². The fraction of sp³-hybridized carbons (Fsp3) is 1.00. The van der Waals surface area contributed by atoms with Crippen LogP contribution in [0.15, 0.2) is 0 Å². The van der Waals surface area contributed by atoms with Crippen molar-refractivity contribution in [1.82, 2.24) is 0 Å². The molecule has 4 nitrogen and oxygen atoms in total. The first-order valence-corrected chi connectivity index (χ1v) is 1.85. The molecule has 0 fully saturated rings. The van der Waals surface area contributed by atoms with Gasteiger partial charge in [0.1, 0.15) is 6.61 Å². The van der Waals surface area contributed by atoms with Crippen LogP contribution in [0.25, 0.3) is 0 Å². The van der Waals surface area contributed by atoms with Crippen LogP contribution >= 0.6 is 0 Å². The summed E-state index contributed by atoms with van der Waals surface area (Å²) in [4.78, 5) is 0. The highest BCUT2D eigenvalue weighted by Crippen LogP contribution is 1.79. The van der Waals surface area contributed by atoms with Crippen molar-refractivity contribution >= 4 is 0 Å². The quantitative estimate of drug-likeness (QED) is 0.363. The summed E-state index contributed by atoms with van der Waals surface area (Å²) in [5.41, 5.74) is 9.71. The summed E-state index contributed by atoms with van der Waals surface area (Å²) in [5, 5.41) is 8.45. The minimum atomic E-state index is -1.67. The third kappa shape index (κ3) is 5.84. The predicted molar refractivity (Wildman–Crippen MR) is 25.2 cm³/mol. The Hall–Kier alpha value is -0.160. The summed E-state index contributed by atoms with van der Waals surface area (Å²) in [6.07, 6.45) is 0. The molecule has 44 valence electrons. The Balaban J connectivity index is 3.15. The molecular formula is C3H10N2O2. The van der Waals surface area contributed by atoms with Gasteiger partial charge in [-0.15, -0.1) is 0 Å². The van der Waals surface area contributed by atoms with Crippen molar-refractivity contribution in [1.29, 1.82) is 0 Å². The lowest BCUT2D eigenvalue weighted by Crippen LogP contribution is -2.52. The van der Waals surface area contributed by atoms with Crippen molar-refractivity contribution in [2.75, 3.05) is 13.7 Å². The highest BCUT2D eigenvalue weighted by atomic mass is 16.5. The number of hydrogen-bond acceptors (Lipinski definition) is 4. The minimum Gasteiger partial charge on any atom is -0.379 e. The topological polar surface area (TPSA) is 81.5 Å². The van der Waals surface area contributed by atoms with Gasteiger partial charge in [-0.25, -0.2) is 0 Å². The number of nitrogens with two attached hydrogens (primary N) is 2. The molecule has 0 aliphatic heterocycles. The number of rotatable bonds is 2. The van der Waals surface area contributed by atoms with Crippen LogP contribution in [0, 0.1) is 0 Å². The van der Waals surface area contributed by atoms with Gasteiger partial charge in [-0.1, -0.05) is 0 Å². The lowest BCUT2D eigenvalue weighted by molar-refractivity contribution is -0.0213. The summed E-state index contributed by atoms with van der Waals surface area (Å²) in [5.74, 6) is -1.67. The third-order valence-electron chi connectivity index (χ3n) is 0.376. The molecule has 7 heavy (non-hydrogen) atoms. The summed E-state index contributed by atoms with van der Waals surface area (Å²) < 4.78 is 4.41. The first-order chi connectivity index (χ1) is 3.06. The highest BCUT2D eigenvalue weighted by molar-refractivity contribution is 4.56. The van der Waals surface area contributed by atoms with E-state index in [1.807, 2.05) is 0 Å². The number of aliphatic hydroxyl groups is 1. The second kappa shape index (κ2) is 2.23. The Kier molecular flexibility index (Phi) is 2.17. The molecule has 0 aromatic rings. The van der Waals surface area contributed by atoms with E-state index in [9.17, 15) is 0 Å². The zero-order valence-electron chi connectivity index (χ0n) is 4.22. The Bertz CT molecular complexity index is 49.4. The minimum absolute atomic E-state index is 0.0486. The number of methoxy groups -OCH3 is 1. The molecule has 0 saturated heterocycles. The van der Waals surface area contributed by atoms with Gasteiger partial charge in [0.05, 0.1) is 0 Å². The molecule has 0 amide bonds. The van der Waals surface area contributed by atoms with Gasteiger partial charge in [0, 0.05) is 7.11 Å². The van der Waals surface area contributed by atoms with Crippen LogP contribution < -0.4 is 11.5 Å². The highest BCUT2D eigenvalue weighted by Gasteiger charge is 2.10. The summed E-state index contributed by atoms with van der Waals surface area (Å²) in [6, 6.07) is 0. The van der Waals surface area contributed by atoms with Crippen molar-refractivity contribution in [3.05, 3.63) is 0 Å². The molecule has 0 heterocycles. The average Bonchev–Trinajstić information content (AvgIpc) is 1.30. The van der Waals surface area contributed by atoms with Crippen molar-refractivity contribution in [3.8, 4) is 0 Å². The van der Waals surface area contributed by atoms with Gasteiger partial charge in [0.15, 0.2) is 5.85 Å². The van der Waals surface area contributed by atoms with Gasteiger partial charge < -0.3 is 9.84 Å². The molecule has 0 aromatic heterocycles. The van der Waals surface area contributed by atoms with Crippen LogP contribution in [0.2, 0.25) is 0 Å². The Morgan fingerprint density at radius 3 is 2.14 bits per heavy atom. The van der Waals surface area contributed by atoms with Crippen LogP contribution in [-0.4, -0.2) is 24.7 Å². The van der Waals surface area contributed by atoms with E-state index in [4.69, 9.17) is 16.6 Å². The van der Waals surface area contributed by atoms with E-state index < -0.39 is 5.85 Å². The van der Waals surface area contributed by atoms with Crippen molar-refractivity contribution in [2.45, 2.75) is 5.85 Å². The molecule has 0 saturated carbocycles. The summed E-state index contributed by atoms with van der Waals surface area (Å²) in [7, 11) is 1.41. The fourth-order valence-corrected chi connectivity index (χ4v) is 0.231. The molecule has 0 spiro atoms. The molecule has 0 radical (unpaired) electrons. The summed E-state index contributed by atoms with van der Waals surface area (Å²) in [6.45, 7) is -0.0486. The molecule has 0 aromatic carbocycles. The first-order valence-electron chi connectivity index (χ1n) is 1.85. The smallest absolute Gasteiger partial charge is 0.191 e. The lowest BCUT2D eigenvalue weighted by atomic mass is 10.5. The van der Waals surface area contributed by atoms with Crippen molar-refractivity contribution in [3.63, 3.8) is 0 Å². The maximum atomic E-state index is 8.45. The van der Waals surface area contributed by atoms with Gasteiger partial charge in [0.2, 0.25) is 0 Å². The Labute approximate surface area is 42.1 Å². The van der Waals surface area contributed by atoms with Crippen molar-refractivity contribution < 1.29 is 9.84 Å². The zero-order valence-corrected chi connectivity index (χ0v) is 4.22. The second-order valence-corrected chi connectivity index (χ2v) is 1.42. The van der Waals surface area contributed by atoms with Gasteiger partial charge in [-0.05, 0) is 0 Å². The van der Waals surface area contributed by atoms with Crippen LogP contribution in [0.4, 0.5) is 0 Å².